The maximum absolute atomic E-state index is 12.8. The average molecular weight is 365 g/mol. The van der Waals surface area contributed by atoms with Gasteiger partial charge in [-0.1, -0.05) is 19.0 Å². The van der Waals surface area contributed by atoms with Gasteiger partial charge in [-0.2, -0.15) is 4.98 Å². The lowest BCUT2D eigenvalue weighted by Crippen LogP contribution is -2.26. The Morgan fingerprint density at radius 1 is 1.24 bits per heavy atom. The van der Waals surface area contributed by atoms with Gasteiger partial charge in [0.05, 0.1) is 18.6 Å². The lowest BCUT2D eigenvalue weighted by molar-refractivity contribution is 0.360. The molecule has 0 fully saturated rings. The number of fused-ring (bicyclic) bond motifs is 1. The van der Waals surface area contributed by atoms with E-state index in [4.69, 9.17) is 9.26 Å². The minimum absolute atomic E-state index is 0.000639. The molecule has 0 aliphatic heterocycles. The fourth-order valence-corrected chi connectivity index (χ4v) is 4.33. The second-order valence-electron chi connectivity index (χ2n) is 6.46. The SMILES string of the molecule is COc1ccc(S(=O)(=O)NCc2noc(C(C)C)n2)c2c1CCCC2. The highest BCUT2D eigenvalue weighted by Gasteiger charge is 2.25. The summed E-state index contributed by atoms with van der Waals surface area (Å²) in [6, 6.07) is 3.34. The van der Waals surface area contributed by atoms with Crippen LogP contribution in [0.4, 0.5) is 0 Å². The summed E-state index contributed by atoms with van der Waals surface area (Å²) < 4.78 is 38.6. The van der Waals surface area contributed by atoms with Crippen LogP contribution in [0.25, 0.3) is 0 Å². The van der Waals surface area contributed by atoms with Crippen molar-refractivity contribution in [3.05, 3.63) is 35.0 Å². The van der Waals surface area contributed by atoms with E-state index in [9.17, 15) is 8.42 Å². The summed E-state index contributed by atoms with van der Waals surface area (Å²) >= 11 is 0. The number of nitrogens with zero attached hydrogens (tertiary/aromatic N) is 2. The molecule has 0 unspecified atom stereocenters. The summed E-state index contributed by atoms with van der Waals surface area (Å²) in [6.07, 6.45) is 3.60. The quantitative estimate of drug-likeness (QED) is 0.845. The molecule has 0 saturated heterocycles. The third-order valence-electron chi connectivity index (χ3n) is 4.36. The minimum Gasteiger partial charge on any atom is -0.496 e. The van der Waals surface area contributed by atoms with Crippen LogP contribution < -0.4 is 9.46 Å². The number of ether oxygens (including phenoxy) is 1. The van der Waals surface area contributed by atoms with Crippen LogP contribution >= 0.6 is 0 Å². The smallest absolute Gasteiger partial charge is 0.241 e. The van der Waals surface area contributed by atoms with Crippen molar-refractivity contribution in [3.8, 4) is 5.75 Å². The lowest BCUT2D eigenvalue weighted by Gasteiger charge is -2.21. The first kappa shape index (κ1) is 17.9. The van der Waals surface area contributed by atoms with Crippen LogP contribution in [0.3, 0.4) is 0 Å². The molecular formula is C17H23N3O4S. The van der Waals surface area contributed by atoms with E-state index in [2.05, 4.69) is 14.9 Å². The summed E-state index contributed by atoms with van der Waals surface area (Å²) in [5.74, 6) is 1.69. The maximum atomic E-state index is 12.8. The normalized spacial score (nSPS) is 14.6. The highest BCUT2D eigenvalue weighted by Crippen LogP contribution is 2.34. The van der Waals surface area contributed by atoms with E-state index < -0.39 is 10.0 Å². The zero-order valence-electron chi connectivity index (χ0n) is 14.7. The van der Waals surface area contributed by atoms with E-state index in [1.807, 2.05) is 13.8 Å². The Morgan fingerprint density at radius 2 is 1.96 bits per heavy atom. The molecule has 0 spiro atoms. The van der Waals surface area contributed by atoms with Gasteiger partial charge in [-0.3, -0.25) is 0 Å². The molecule has 1 N–H and O–H groups in total. The molecule has 8 heteroatoms. The predicted octanol–water partition coefficient (Wildman–Crippen LogP) is 2.56. The van der Waals surface area contributed by atoms with Crippen molar-refractivity contribution in [1.29, 1.82) is 0 Å². The Bertz CT molecular complexity index is 859. The summed E-state index contributed by atoms with van der Waals surface area (Å²) in [7, 11) is -2.05. The van der Waals surface area contributed by atoms with Gasteiger partial charge >= 0.3 is 0 Å². The molecule has 25 heavy (non-hydrogen) atoms. The van der Waals surface area contributed by atoms with E-state index in [-0.39, 0.29) is 12.5 Å². The van der Waals surface area contributed by atoms with Crippen molar-refractivity contribution in [2.45, 2.75) is 56.9 Å². The summed E-state index contributed by atoms with van der Waals surface area (Å²) in [5.41, 5.74) is 1.85. The number of hydrogen-bond acceptors (Lipinski definition) is 6. The zero-order valence-corrected chi connectivity index (χ0v) is 15.5. The fraction of sp³-hybridized carbons (Fsp3) is 0.529. The number of methoxy groups -OCH3 is 1. The Hall–Kier alpha value is -1.93. The Morgan fingerprint density at radius 3 is 2.60 bits per heavy atom. The summed E-state index contributed by atoms with van der Waals surface area (Å²) in [4.78, 5) is 4.51. The molecule has 7 nitrogen and oxygen atoms in total. The molecule has 0 atom stereocenters. The van der Waals surface area contributed by atoms with Crippen LogP contribution in [0.1, 0.15) is 55.4 Å². The molecule has 136 valence electrons. The molecule has 2 aromatic rings. The monoisotopic (exact) mass is 365 g/mol. The highest BCUT2D eigenvalue weighted by atomic mass is 32.2. The highest BCUT2D eigenvalue weighted by molar-refractivity contribution is 7.89. The van der Waals surface area contributed by atoms with Crippen molar-refractivity contribution in [2.24, 2.45) is 0 Å². The van der Waals surface area contributed by atoms with Gasteiger partial charge in [-0.15, -0.1) is 0 Å². The van der Waals surface area contributed by atoms with Crippen molar-refractivity contribution in [2.75, 3.05) is 7.11 Å². The molecule has 1 aromatic heterocycles. The molecule has 1 aromatic carbocycles. The van der Waals surface area contributed by atoms with E-state index in [0.29, 0.717) is 16.6 Å². The number of nitrogens with one attached hydrogen (secondary N) is 1. The standard InChI is InChI=1S/C17H23N3O4S/c1-11(2)17-19-16(20-24-17)10-18-25(21,22)15-9-8-14(23-3)12-6-4-5-7-13(12)15/h8-9,11,18H,4-7,10H2,1-3H3. The largest absolute Gasteiger partial charge is 0.496 e. The molecule has 0 amide bonds. The Kier molecular flexibility index (Phi) is 5.10. The van der Waals surface area contributed by atoms with E-state index in [0.717, 1.165) is 42.6 Å². The van der Waals surface area contributed by atoms with E-state index >= 15 is 0 Å². The third-order valence-corrected chi connectivity index (χ3v) is 5.84. The number of benzene rings is 1. The third kappa shape index (κ3) is 3.69. The van der Waals surface area contributed by atoms with Crippen LogP contribution in [-0.4, -0.2) is 25.7 Å². The van der Waals surface area contributed by atoms with Gasteiger partial charge in [-0.05, 0) is 48.9 Å². The number of aromatic nitrogens is 2. The predicted molar refractivity (Wildman–Crippen MR) is 92.0 cm³/mol. The molecule has 1 aliphatic rings. The number of sulfonamides is 1. The number of rotatable bonds is 6. The molecule has 0 bridgehead atoms. The van der Waals surface area contributed by atoms with Gasteiger partial charge in [0, 0.05) is 5.92 Å². The molecule has 0 saturated carbocycles. The second-order valence-corrected chi connectivity index (χ2v) is 8.19. The van der Waals surface area contributed by atoms with Crippen LogP contribution in [0.5, 0.6) is 5.75 Å². The Balaban J connectivity index is 1.84. The van der Waals surface area contributed by atoms with Crippen LogP contribution in [0.2, 0.25) is 0 Å². The van der Waals surface area contributed by atoms with Crippen LogP contribution in [-0.2, 0) is 29.4 Å². The van der Waals surface area contributed by atoms with Crippen LogP contribution in [0, 0.1) is 0 Å². The topological polar surface area (TPSA) is 94.3 Å². The molecule has 1 aliphatic carbocycles. The van der Waals surface area contributed by atoms with Gasteiger partial charge < -0.3 is 9.26 Å². The van der Waals surface area contributed by atoms with Crippen molar-refractivity contribution in [3.63, 3.8) is 0 Å². The van der Waals surface area contributed by atoms with Gasteiger partial charge in [0.15, 0.2) is 5.82 Å². The van der Waals surface area contributed by atoms with Crippen molar-refractivity contribution in [1.82, 2.24) is 14.9 Å². The fourth-order valence-electron chi connectivity index (χ4n) is 3.06. The first-order valence-corrected chi connectivity index (χ1v) is 9.91. The van der Waals surface area contributed by atoms with Crippen molar-refractivity contribution >= 4 is 10.0 Å². The average Bonchev–Trinajstić information content (AvgIpc) is 3.08. The molecule has 3 rings (SSSR count). The lowest BCUT2D eigenvalue weighted by atomic mass is 9.91. The van der Waals surface area contributed by atoms with Crippen molar-refractivity contribution < 1.29 is 17.7 Å². The molecule has 0 radical (unpaired) electrons. The summed E-state index contributed by atoms with van der Waals surface area (Å²) in [5, 5.41) is 3.82. The maximum Gasteiger partial charge on any atom is 0.241 e. The van der Waals surface area contributed by atoms with Gasteiger partial charge in [0.1, 0.15) is 5.75 Å². The zero-order chi connectivity index (χ0) is 18.0. The molecule has 1 heterocycles. The summed E-state index contributed by atoms with van der Waals surface area (Å²) in [6.45, 7) is 3.87. The van der Waals surface area contributed by atoms with E-state index in [1.165, 1.54) is 0 Å². The minimum atomic E-state index is -3.66. The number of hydrogen-bond donors (Lipinski definition) is 1. The van der Waals surface area contributed by atoms with Gasteiger partial charge in [0.2, 0.25) is 15.9 Å². The Labute approximate surface area is 147 Å². The van der Waals surface area contributed by atoms with Gasteiger partial charge in [0.25, 0.3) is 0 Å². The van der Waals surface area contributed by atoms with Crippen LogP contribution in [0.15, 0.2) is 21.6 Å². The second kappa shape index (κ2) is 7.13. The molecular weight excluding hydrogens is 342 g/mol. The first-order valence-electron chi connectivity index (χ1n) is 8.43. The first-order chi connectivity index (χ1) is 11.9. The van der Waals surface area contributed by atoms with Gasteiger partial charge in [-0.25, -0.2) is 13.1 Å². The van der Waals surface area contributed by atoms with E-state index in [1.54, 1.807) is 19.2 Å².